The van der Waals surface area contributed by atoms with Gasteiger partial charge in [0.1, 0.15) is 5.75 Å². The van der Waals surface area contributed by atoms with Crippen molar-refractivity contribution in [2.75, 3.05) is 13.7 Å². The molecule has 0 saturated carbocycles. The Bertz CT molecular complexity index is 345. The standard InChI is InChI=1S/C15H25NO/c1-12(2)16-10-9-15(3,4)13-7-6-8-14(11-13)17-5/h6-8,11-12,16H,9-10H2,1-5H3. The Morgan fingerprint density at radius 3 is 2.59 bits per heavy atom. The summed E-state index contributed by atoms with van der Waals surface area (Å²) in [6, 6.07) is 8.92. The van der Waals surface area contributed by atoms with Crippen LogP contribution in [0.4, 0.5) is 0 Å². The highest BCUT2D eigenvalue weighted by atomic mass is 16.5. The largest absolute Gasteiger partial charge is 0.497 e. The Morgan fingerprint density at radius 2 is 2.00 bits per heavy atom. The predicted molar refractivity (Wildman–Crippen MR) is 73.8 cm³/mol. The van der Waals surface area contributed by atoms with Crippen molar-refractivity contribution < 1.29 is 4.74 Å². The fourth-order valence-electron chi connectivity index (χ4n) is 1.86. The molecule has 17 heavy (non-hydrogen) atoms. The van der Waals surface area contributed by atoms with E-state index in [2.05, 4.69) is 51.2 Å². The molecule has 0 spiro atoms. The van der Waals surface area contributed by atoms with Crippen molar-refractivity contribution in [3.05, 3.63) is 29.8 Å². The van der Waals surface area contributed by atoms with Gasteiger partial charge in [0.2, 0.25) is 0 Å². The minimum Gasteiger partial charge on any atom is -0.497 e. The molecule has 0 atom stereocenters. The first-order chi connectivity index (χ1) is 7.95. The summed E-state index contributed by atoms with van der Waals surface area (Å²) in [7, 11) is 1.71. The Balaban J connectivity index is 2.67. The molecule has 1 N–H and O–H groups in total. The van der Waals surface area contributed by atoms with Crippen LogP contribution in [0.3, 0.4) is 0 Å². The number of hydrogen-bond donors (Lipinski definition) is 1. The normalized spacial score (nSPS) is 11.9. The minimum absolute atomic E-state index is 0.177. The average Bonchev–Trinajstić information content (AvgIpc) is 2.28. The molecular weight excluding hydrogens is 210 g/mol. The van der Waals surface area contributed by atoms with Gasteiger partial charge in [0, 0.05) is 6.04 Å². The molecule has 0 aliphatic heterocycles. The molecule has 1 aromatic rings. The van der Waals surface area contributed by atoms with Gasteiger partial charge in [0.25, 0.3) is 0 Å². The number of nitrogens with one attached hydrogen (secondary N) is 1. The van der Waals surface area contributed by atoms with Gasteiger partial charge >= 0.3 is 0 Å². The minimum atomic E-state index is 0.177. The zero-order valence-corrected chi connectivity index (χ0v) is 11.7. The van der Waals surface area contributed by atoms with Gasteiger partial charge in [-0.05, 0) is 36.1 Å². The van der Waals surface area contributed by atoms with Gasteiger partial charge in [-0.1, -0.05) is 39.8 Å². The van der Waals surface area contributed by atoms with E-state index in [0.29, 0.717) is 6.04 Å². The zero-order valence-electron chi connectivity index (χ0n) is 11.7. The summed E-state index contributed by atoms with van der Waals surface area (Å²) in [5, 5.41) is 3.47. The quantitative estimate of drug-likeness (QED) is 0.816. The molecule has 0 aliphatic carbocycles. The van der Waals surface area contributed by atoms with E-state index in [1.54, 1.807) is 7.11 Å². The molecule has 2 nitrogen and oxygen atoms in total. The second kappa shape index (κ2) is 6.06. The van der Waals surface area contributed by atoms with Crippen molar-refractivity contribution in [3.8, 4) is 5.75 Å². The van der Waals surface area contributed by atoms with Crippen molar-refractivity contribution in [3.63, 3.8) is 0 Å². The number of ether oxygens (including phenoxy) is 1. The summed E-state index contributed by atoms with van der Waals surface area (Å²) in [6.07, 6.45) is 1.12. The Morgan fingerprint density at radius 1 is 1.29 bits per heavy atom. The first kappa shape index (κ1) is 14.0. The molecule has 1 aromatic carbocycles. The first-order valence-corrected chi connectivity index (χ1v) is 6.33. The van der Waals surface area contributed by atoms with Gasteiger partial charge < -0.3 is 10.1 Å². The van der Waals surface area contributed by atoms with Crippen LogP contribution in [0.1, 0.15) is 39.7 Å². The summed E-state index contributed by atoms with van der Waals surface area (Å²) < 4.78 is 5.28. The van der Waals surface area contributed by atoms with Gasteiger partial charge in [-0.3, -0.25) is 0 Å². The summed E-state index contributed by atoms with van der Waals surface area (Å²) in [4.78, 5) is 0. The molecule has 0 radical (unpaired) electrons. The molecule has 0 heterocycles. The van der Waals surface area contributed by atoms with Crippen LogP contribution in [0, 0.1) is 0 Å². The second-order valence-corrected chi connectivity index (χ2v) is 5.47. The molecule has 0 bridgehead atoms. The maximum atomic E-state index is 5.28. The van der Waals surface area contributed by atoms with Crippen LogP contribution < -0.4 is 10.1 Å². The second-order valence-electron chi connectivity index (χ2n) is 5.47. The van der Waals surface area contributed by atoms with Crippen molar-refractivity contribution in [1.82, 2.24) is 5.32 Å². The molecule has 2 heteroatoms. The predicted octanol–water partition coefficient (Wildman–Crippen LogP) is 3.36. The maximum Gasteiger partial charge on any atom is 0.119 e. The van der Waals surface area contributed by atoms with E-state index in [4.69, 9.17) is 4.74 Å². The third-order valence-corrected chi connectivity index (χ3v) is 3.15. The third kappa shape index (κ3) is 4.39. The fourth-order valence-corrected chi connectivity index (χ4v) is 1.86. The van der Waals surface area contributed by atoms with Crippen molar-refractivity contribution >= 4 is 0 Å². The molecular formula is C15H25NO. The Hall–Kier alpha value is -1.02. The molecule has 0 saturated heterocycles. The van der Waals surface area contributed by atoms with E-state index in [0.717, 1.165) is 18.7 Å². The van der Waals surface area contributed by atoms with Gasteiger partial charge in [-0.2, -0.15) is 0 Å². The van der Waals surface area contributed by atoms with Gasteiger partial charge in [-0.15, -0.1) is 0 Å². The molecule has 1 rings (SSSR count). The lowest BCUT2D eigenvalue weighted by Gasteiger charge is -2.26. The van der Waals surface area contributed by atoms with E-state index in [9.17, 15) is 0 Å². The van der Waals surface area contributed by atoms with E-state index < -0.39 is 0 Å². The molecule has 0 aliphatic rings. The maximum absolute atomic E-state index is 5.28. The van der Waals surface area contributed by atoms with E-state index in [1.165, 1.54) is 5.56 Å². The molecule has 0 amide bonds. The highest BCUT2D eigenvalue weighted by Gasteiger charge is 2.20. The highest BCUT2D eigenvalue weighted by molar-refractivity contribution is 5.33. The van der Waals surface area contributed by atoms with Crippen LogP contribution in [0.15, 0.2) is 24.3 Å². The zero-order chi connectivity index (χ0) is 12.9. The summed E-state index contributed by atoms with van der Waals surface area (Å²) >= 11 is 0. The van der Waals surface area contributed by atoms with Crippen LogP contribution >= 0.6 is 0 Å². The number of hydrogen-bond acceptors (Lipinski definition) is 2. The van der Waals surface area contributed by atoms with E-state index in [-0.39, 0.29) is 5.41 Å². The van der Waals surface area contributed by atoms with Gasteiger partial charge in [0.15, 0.2) is 0 Å². The van der Waals surface area contributed by atoms with Crippen molar-refractivity contribution in [1.29, 1.82) is 0 Å². The van der Waals surface area contributed by atoms with Crippen molar-refractivity contribution in [2.24, 2.45) is 0 Å². The summed E-state index contributed by atoms with van der Waals surface area (Å²) in [6.45, 7) is 9.96. The van der Waals surface area contributed by atoms with Crippen LogP contribution in [0.2, 0.25) is 0 Å². The lowest BCUT2D eigenvalue weighted by molar-refractivity contribution is 0.407. The lowest BCUT2D eigenvalue weighted by Crippen LogP contribution is -2.29. The summed E-state index contributed by atoms with van der Waals surface area (Å²) in [5.41, 5.74) is 1.51. The molecule has 96 valence electrons. The smallest absolute Gasteiger partial charge is 0.119 e. The Labute approximate surface area is 105 Å². The van der Waals surface area contributed by atoms with Gasteiger partial charge in [0.05, 0.1) is 7.11 Å². The van der Waals surface area contributed by atoms with E-state index >= 15 is 0 Å². The van der Waals surface area contributed by atoms with Crippen LogP contribution in [-0.2, 0) is 5.41 Å². The van der Waals surface area contributed by atoms with Crippen molar-refractivity contribution in [2.45, 2.75) is 45.6 Å². The third-order valence-electron chi connectivity index (χ3n) is 3.15. The average molecular weight is 235 g/mol. The van der Waals surface area contributed by atoms with Gasteiger partial charge in [-0.25, -0.2) is 0 Å². The van der Waals surface area contributed by atoms with Crippen LogP contribution in [-0.4, -0.2) is 19.7 Å². The first-order valence-electron chi connectivity index (χ1n) is 6.33. The van der Waals surface area contributed by atoms with Crippen LogP contribution in [0.25, 0.3) is 0 Å². The fraction of sp³-hybridized carbons (Fsp3) is 0.600. The summed E-state index contributed by atoms with van der Waals surface area (Å²) in [5.74, 6) is 0.937. The monoisotopic (exact) mass is 235 g/mol. The Kier molecular flexibility index (Phi) is 5.01. The van der Waals surface area contributed by atoms with Crippen LogP contribution in [0.5, 0.6) is 5.75 Å². The molecule has 0 fully saturated rings. The molecule has 0 aromatic heterocycles. The van der Waals surface area contributed by atoms with E-state index in [1.807, 2.05) is 6.07 Å². The lowest BCUT2D eigenvalue weighted by atomic mass is 9.81. The number of rotatable bonds is 6. The highest BCUT2D eigenvalue weighted by Crippen LogP contribution is 2.29. The SMILES string of the molecule is COc1cccc(C(C)(C)CCNC(C)C)c1. The molecule has 0 unspecified atom stereocenters. The topological polar surface area (TPSA) is 21.3 Å². The number of benzene rings is 1. The number of methoxy groups -OCH3 is 1.